The standard InChI is InChI=1S/C28H25N3O4/c1-20-2-6-22(7-3-20)27-19-23(18-21-4-8-26(9-5-21)31(33)34)28(32)30(27)25-12-10-24(11-13-25)29-14-16-35-17-15-29/h2-13,18-19H,14-17H2,1H3/b23-18+. The zero-order chi connectivity index (χ0) is 24.4. The number of carbonyl (C=O) groups excluding carboxylic acids is 1. The van der Waals surface area contributed by atoms with Crippen molar-refractivity contribution in [1.29, 1.82) is 0 Å². The first kappa shape index (κ1) is 22.6. The fourth-order valence-corrected chi connectivity index (χ4v) is 4.31. The number of benzene rings is 3. The molecule has 1 amide bonds. The molecule has 0 unspecified atom stereocenters. The number of nitrogens with zero attached hydrogens (tertiary/aromatic N) is 3. The maximum absolute atomic E-state index is 13.6. The van der Waals surface area contributed by atoms with Gasteiger partial charge in [0.1, 0.15) is 0 Å². The van der Waals surface area contributed by atoms with Crippen LogP contribution in [0.1, 0.15) is 16.7 Å². The fraction of sp³-hybridized carbons (Fsp3) is 0.179. The quantitative estimate of drug-likeness (QED) is 0.292. The van der Waals surface area contributed by atoms with Crippen molar-refractivity contribution in [3.05, 3.63) is 111 Å². The van der Waals surface area contributed by atoms with Crippen LogP contribution in [0.4, 0.5) is 17.1 Å². The Morgan fingerprint density at radius 2 is 1.51 bits per heavy atom. The van der Waals surface area contributed by atoms with Gasteiger partial charge in [-0.15, -0.1) is 0 Å². The van der Waals surface area contributed by atoms with Gasteiger partial charge in [0.25, 0.3) is 11.6 Å². The van der Waals surface area contributed by atoms with Crippen LogP contribution in [0.15, 0.2) is 84.4 Å². The zero-order valence-electron chi connectivity index (χ0n) is 19.4. The van der Waals surface area contributed by atoms with Crippen molar-refractivity contribution in [2.75, 3.05) is 36.1 Å². The van der Waals surface area contributed by atoms with E-state index >= 15 is 0 Å². The van der Waals surface area contributed by atoms with Crippen LogP contribution in [0, 0.1) is 17.0 Å². The van der Waals surface area contributed by atoms with Crippen molar-refractivity contribution in [2.24, 2.45) is 0 Å². The van der Waals surface area contributed by atoms with Gasteiger partial charge in [-0.25, -0.2) is 0 Å². The van der Waals surface area contributed by atoms with Gasteiger partial charge in [0.15, 0.2) is 0 Å². The molecule has 1 saturated heterocycles. The highest BCUT2D eigenvalue weighted by atomic mass is 16.6. The van der Waals surface area contributed by atoms with Gasteiger partial charge in [0, 0.05) is 42.2 Å². The number of amides is 1. The van der Waals surface area contributed by atoms with Crippen LogP contribution in [0.25, 0.3) is 11.8 Å². The summed E-state index contributed by atoms with van der Waals surface area (Å²) in [5, 5.41) is 11.0. The molecule has 0 spiro atoms. The first-order valence-electron chi connectivity index (χ1n) is 11.5. The van der Waals surface area contributed by atoms with E-state index in [-0.39, 0.29) is 11.6 Å². The van der Waals surface area contributed by atoms with E-state index in [1.807, 2.05) is 61.5 Å². The van der Waals surface area contributed by atoms with Crippen LogP contribution in [0.3, 0.4) is 0 Å². The number of morpholine rings is 1. The lowest BCUT2D eigenvalue weighted by atomic mass is 10.1. The van der Waals surface area contributed by atoms with E-state index in [0.717, 1.165) is 46.9 Å². The monoisotopic (exact) mass is 467 g/mol. The molecule has 0 bridgehead atoms. The van der Waals surface area contributed by atoms with E-state index in [9.17, 15) is 14.9 Å². The maximum atomic E-state index is 13.6. The first-order valence-corrected chi connectivity index (χ1v) is 11.5. The number of non-ortho nitro benzene ring substituents is 1. The van der Waals surface area contributed by atoms with Crippen LogP contribution in [-0.4, -0.2) is 37.1 Å². The number of nitro benzene ring substituents is 1. The molecule has 2 heterocycles. The van der Waals surface area contributed by atoms with Gasteiger partial charge < -0.3 is 9.64 Å². The zero-order valence-corrected chi connectivity index (χ0v) is 19.4. The van der Waals surface area contributed by atoms with Gasteiger partial charge >= 0.3 is 0 Å². The van der Waals surface area contributed by atoms with Crippen molar-refractivity contribution >= 4 is 34.7 Å². The lowest BCUT2D eigenvalue weighted by Gasteiger charge is -2.29. The summed E-state index contributed by atoms with van der Waals surface area (Å²) < 4.78 is 5.45. The summed E-state index contributed by atoms with van der Waals surface area (Å²) in [4.78, 5) is 28.1. The van der Waals surface area contributed by atoms with Gasteiger partial charge in [-0.3, -0.25) is 19.8 Å². The molecule has 3 aromatic carbocycles. The highest BCUT2D eigenvalue weighted by Gasteiger charge is 2.30. The molecular weight excluding hydrogens is 442 g/mol. The predicted octanol–water partition coefficient (Wildman–Crippen LogP) is 5.21. The average Bonchev–Trinajstić information content (AvgIpc) is 3.21. The van der Waals surface area contributed by atoms with Crippen molar-refractivity contribution in [3.8, 4) is 0 Å². The second-order valence-corrected chi connectivity index (χ2v) is 8.60. The Hall–Kier alpha value is -4.23. The minimum absolute atomic E-state index is 0.0165. The molecule has 1 fully saturated rings. The average molecular weight is 468 g/mol. The summed E-state index contributed by atoms with van der Waals surface area (Å²) >= 11 is 0. The second kappa shape index (κ2) is 9.56. The molecule has 7 heteroatoms. The summed E-state index contributed by atoms with van der Waals surface area (Å²) in [7, 11) is 0. The van der Waals surface area contributed by atoms with Crippen LogP contribution >= 0.6 is 0 Å². The van der Waals surface area contributed by atoms with Gasteiger partial charge in [-0.2, -0.15) is 0 Å². The summed E-state index contributed by atoms with van der Waals surface area (Å²) in [6.07, 6.45) is 3.65. The number of rotatable bonds is 5. The Bertz CT molecular complexity index is 1300. The Morgan fingerprint density at radius 3 is 2.14 bits per heavy atom. The Labute approximate surface area is 203 Å². The fourth-order valence-electron chi connectivity index (χ4n) is 4.31. The molecule has 0 aliphatic carbocycles. The van der Waals surface area contributed by atoms with E-state index in [1.54, 1.807) is 23.1 Å². The molecule has 0 saturated carbocycles. The largest absolute Gasteiger partial charge is 0.378 e. The minimum atomic E-state index is -0.435. The Kier molecular flexibility index (Phi) is 6.16. The van der Waals surface area contributed by atoms with Crippen LogP contribution in [0.2, 0.25) is 0 Å². The van der Waals surface area contributed by atoms with E-state index in [4.69, 9.17) is 4.74 Å². The van der Waals surface area contributed by atoms with E-state index in [2.05, 4.69) is 4.90 Å². The maximum Gasteiger partial charge on any atom is 0.269 e. The Morgan fingerprint density at radius 1 is 0.886 bits per heavy atom. The van der Waals surface area contributed by atoms with Gasteiger partial charge in [0.05, 0.1) is 23.8 Å². The molecule has 0 aromatic heterocycles. The van der Waals surface area contributed by atoms with Crippen LogP contribution in [-0.2, 0) is 9.53 Å². The number of ether oxygens (including phenoxy) is 1. The molecule has 2 aliphatic heterocycles. The molecule has 2 aliphatic rings. The molecule has 3 aromatic rings. The summed E-state index contributed by atoms with van der Waals surface area (Å²) in [5.41, 5.74) is 6.02. The number of aryl methyl sites for hydroxylation is 1. The number of carbonyl (C=O) groups is 1. The predicted molar refractivity (Wildman–Crippen MR) is 137 cm³/mol. The van der Waals surface area contributed by atoms with E-state index in [1.165, 1.54) is 12.1 Å². The smallest absolute Gasteiger partial charge is 0.269 e. The minimum Gasteiger partial charge on any atom is -0.378 e. The number of hydrogen-bond donors (Lipinski definition) is 0. The van der Waals surface area contributed by atoms with Gasteiger partial charge in [0.2, 0.25) is 0 Å². The van der Waals surface area contributed by atoms with Crippen molar-refractivity contribution in [2.45, 2.75) is 6.92 Å². The van der Waals surface area contributed by atoms with E-state index < -0.39 is 4.92 Å². The van der Waals surface area contributed by atoms with Crippen LogP contribution < -0.4 is 9.80 Å². The number of nitro groups is 1. The third-order valence-corrected chi connectivity index (χ3v) is 6.24. The summed E-state index contributed by atoms with van der Waals surface area (Å²) in [6, 6.07) is 22.3. The second-order valence-electron chi connectivity index (χ2n) is 8.60. The van der Waals surface area contributed by atoms with Crippen molar-refractivity contribution < 1.29 is 14.5 Å². The van der Waals surface area contributed by atoms with Crippen molar-refractivity contribution in [3.63, 3.8) is 0 Å². The molecule has 35 heavy (non-hydrogen) atoms. The molecular formula is C28H25N3O4. The lowest BCUT2D eigenvalue weighted by molar-refractivity contribution is -0.384. The number of anilines is 2. The summed E-state index contributed by atoms with van der Waals surface area (Å²) in [6.45, 7) is 5.14. The topological polar surface area (TPSA) is 75.9 Å². The molecule has 176 valence electrons. The molecule has 0 atom stereocenters. The third-order valence-electron chi connectivity index (χ3n) is 6.24. The van der Waals surface area contributed by atoms with Gasteiger partial charge in [-0.1, -0.05) is 29.8 Å². The molecule has 5 rings (SSSR count). The van der Waals surface area contributed by atoms with E-state index in [0.29, 0.717) is 18.8 Å². The van der Waals surface area contributed by atoms with Gasteiger partial charge in [-0.05, 0) is 66.6 Å². The highest BCUT2D eigenvalue weighted by molar-refractivity contribution is 6.23. The number of hydrogen-bond acceptors (Lipinski definition) is 5. The molecule has 0 radical (unpaired) electrons. The SMILES string of the molecule is Cc1ccc(C2=C/C(=C\c3ccc([N+](=O)[O-])cc3)C(=O)N2c2ccc(N3CCOCC3)cc2)cc1. The summed E-state index contributed by atoms with van der Waals surface area (Å²) in [5.74, 6) is -0.141. The normalized spacial score (nSPS) is 17.1. The first-order chi connectivity index (χ1) is 17.0. The van der Waals surface area contributed by atoms with Crippen LogP contribution in [0.5, 0.6) is 0 Å². The lowest BCUT2D eigenvalue weighted by Crippen LogP contribution is -2.36. The molecule has 7 nitrogen and oxygen atoms in total. The van der Waals surface area contributed by atoms with Crippen molar-refractivity contribution in [1.82, 2.24) is 0 Å². The highest BCUT2D eigenvalue weighted by Crippen LogP contribution is 2.36. The Balaban J connectivity index is 1.50. The molecule has 0 N–H and O–H groups in total. The third kappa shape index (κ3) is 4.72.